The van der Waals surface area contributed by atoms with Crippen molar-refractivity contribution in [3.8, 4) is 5.75 Å². The van der Waals surface area contributed by atoms with Gasteiger partial charge in [-0.1, -0.05) is 0 Å². The first-order chi connectivity index (χ1) is 8.74. The minimum absolute atomic E-state index is 0.0209. The lowest BCUT2D eigenvalue weighted by Gasteiger charge is -2.27. The van der Waals surface area contributed by atoms with Crippen molar-refractivity contribution in [2.45, 2.75) is 37.8 Å². The van der Waals surface area contributed by atoms with Gasteiger partial charge in [-0.25, -0.2) is 4.39 Å². The lowest BCUT2D eigenvalue weighted by molar-refractivity contribution is 0.139. The van der Waals surface area contributed by atoms with Gasteiger partial charge in [0, 0.05) is 6.04 Å². The van der Waals surface area contributed by atoms with Crippen LogP contribution in [0.3, 0.4) is 0 Å². The molecular formula is C13H16FN3O. The zero-order valence-corrected chi connectivity index (χ0v) is 10.0. The number of hydrogen-bond donors (Lipinski definition) is 2. The highest BCUT2D eigenvalue weighted by molar-refractivity contribution is 5.80. The summed E-state index contributed by atoms with van der Waals surface area (Å²) in [4.78, 5) is 0. The van der Waals surface area contributed by atoms with Gasteiger partial charge in [0.15, 0.2) is 11.6 Å². The van der Waals surface area contributed by atoms with Crippen molar-refractivity contribution in [1.29, 1.82) is 0 Å². The summed E-state index contributed by atoms with van der Waals surface area (Å²) in [5, 5.41) is 7.02. The molecule has 2 atom stereocenters. The van der Waals surface area contributed by atoms with Crippen molar-refractivity contribution < 1.29 is 9.13 Å². The van der Waals surface area contributed by atoms with Crippen molar-refractivity contribution in [2.24, 2.45) is 5.73 Å². The average molecular weight is 249 g/mol. The lowest BCUT2D eigenvalue weighted by Crippen LogP contribution is -2.33. The normalized spacial score (nSPS) is 24.3. The van der Waals surface area contributed by atoms with Crippen LogP contribution in [0.25, 0.3) is 10.9 Å². The maximum atomic E-state index is 14.1. The molecule has 1 heterocycles. The molecule has 4 nitrogen and oxygen atoms in total. The van der Waals surface area contributed by atoms with Crippen molar-refractivity contribution >= 4 is 10.9 Å². The molecule has 0 saturated heterocycles. The molecule has 0 bridgehead atoms. The van der Waals surface area contributed by atoms with E-state index in [2.05, 4.69) is 10.2 Å². The minimum atomic E-state index is -0.347. The summed E-state index contributed by atoms with van der Waals surface area (Å²) < 4.78 is 19.9. The Balaban J connectivity index is 1.83. The first-order valence-electron chi connectivity index (χ1n) is 6.28. The summed E-state index contributed by atoms with van der Waals surface area (Å²) in [5.74, 6) is -0.0524. The van der Waals surface area contributed by atoms with Crippen molar-refractivity contribution in [3.63, 3.8) is 0 Å². The molecule has 1 aromatic heterocycles. The number of benzene rings is 1. The van der Waals surface area contributed by atoms with Crippen LogP contribution in [-0.2, 0) is 0 Å². The van der Waals surface area contributed by atoms with Gasteiger partial charge in [-0.05, 0) is 37.8 Å². The van der Waals surface area contributed by atoms with E-state index >= 15 is 0 Å². The van der Waals surface area contributed by atoms with Gasteiger partial charge in [-0.2, -0.15) is 5.10 Å². The number of H-pyrrole nitrogens is 1. The molecule has 2 aromatic rings. The summed E-state index contributed by atoms with van der Waals surface area (Å²) in [6.07, 6.45) is 5.31. The summed E-state index contributed by atoms with van der Waals surface area (Å²) in [6.45, 7) is 0. The Bertz CT molecular complexity index is 554. The maximum absolute atomic E-state index is 14.1. The van der Waals surface area contributed by atoms with Crippen LogP contribution in [0.5, 0.6) is 5.75 Å². The fourth-order valence-corrected chi connectivity index (χ4v) is 2.52. The number of nitrogens with one attached hydrogen (secondary N) is 1. The van der Waals surface area contributed by atoms with Gasteiger partial charge in [0.25, 0.3) is 0 Å². The Kier molecular flexibility index (Phi) is 2.91. The third kappa shape index (κ3) is 2.06. The fourth-order valence-electron chi connectivity index (χ4n) is 2.52. The third-order valence-corrected chi connectivity index (χ3v) is 3.48. The number of hydrogen-bond acceptors (Lipinski definition) is 3. The number of nitrogens with two attached hydrogens (primary N) is 1. The molecule has 0 aliphatic heterocycles. The molecule has 1 aromatic carbocycles. The molecule has 3 N–H and O–H groups in total. The van der Waals surface area contributed by atoms with Crippen molar-refractivity contribution in [2.75, 3.05) is 0 Å². The summed E-state index contributed by atoms with van der Waals surface area (Å²) in [7, 11) is 0. The molecule has 5 heteroatoms. The van der Waals surface area contributed by atoms with Crippen molar-refractivity contribution in [1.82, 2.24) is 10.2 Å². The van der Waals surface area contributed by atoms with Crippen LogP contribution in [-0.4, -0.2) is 22.3 Å². The number of ether oxygens (including phenoxy) is 1. The maximum Gasteiger partial charge on any atom is 0.176 e. The van der Waals surface area contributed by atoms with E-state index in [1.54, 1.807) is 12.1 Å². The third-order valence-electron chi connectivity index (χ3n) is 3.48. The van der Waals surface area contributed by atoms with Gasteiger partial charge in [0.2, 0.25) is 0 Å². The highest BCUT2D eigenvalue weighted by Crippen LogP contribution is 2.28. The van der Waals surface area contributed by atoms with Crippen LogP contribution in [0.15, 0.2) is 18.3 Å². The SMILES string of the molecule is NC1CCCC(Oc2ccc3[nH]ncc3c2F)C1. The summed E-state index contributed by atoms with van der Waals surface area (Å²) >= 11 is 0. The molecule has 0 radical (unpaired) electrons. The standard InChI is InChI=1S/C13H16FN3O/c14-13-10-7-16-17-11(10)4-5-12(13)18-9-3-1-2-8(15)6-9/h4-5,7-9H,1-3,6,15H2,(H,16,17). The zero-order chi connectivity index (χ0) is 12.5. The highest BCUT2D eigenvalue weighted by atomic mass is 19.1. The smallest absolute Gasteiger partial charge is 0.176 e. The number of rotatable bonds is 2. The highest BCUT2D eigenvalue weighted by Gasteiger charge is 2.22. The predicted molar refractivity (Wildman–Crippen MR) is 66.9 cm³/mol. The monoisotopic (exact) mass is 249 g/mol. The number of nitrogens with zero attached hydrogens (tertiary/aromatic N) is 1. The summed E-state index contributed by atoms with van der Waals surface area (Å²) in [5.41, 5.74) is 6.58. The van der Waals surface area contributed by atoms with E-state index in [0.717, 1.165) is 25.7 Å². The van der Waals surface area contributed by atoms with E-state index in [1.807, 2.05) is 0 Å². The largest absolute Gasteiger partial charge is 0.487 e. The Morgan fingerprint density at radius 1 is 1.39 bits per heavy atom. The quantitative estimate of drug-likeness (QED) is 0.858. The van der Waals surface area contributed by atoms with Crippen LogP contribution in [0.4, 0.5) is 4.39 Å². The molecule has 1 aliphatic rings. The Morgan fingerprint density at radius 3 is 3.11 bits per heavy atom. The second kappa shape index (κ2) is 4.57. The number of halogens is 1. The van der Waals surface area contributed by atoms with E-state index in [-0.39, 0.29) is 18.0 Å². The van der Waals surface area contributed by atoms with Gasteiger partial charge >= 0.3 is 0 Å². The first-order valence-corrected chi connectivity index (χ1v) is 6.28. The topological polar surface area (TPSA) is 63.9 Å². The van der Waals surface area contributed by atoms with E-state index in [4.69, 9.17) is 10.5 Å². The van der Waals surface area contributed by atoms with Crippen LogP contribution < -0.4 is 10.5 Å². The minimum Gasteiger partial charge on any atom is -0.487 e. The van der Waals surface area contributed by atoms with Gasteiger partial charge in [0.05, 0.1) is 17.1 Å². The molecule has 1 fully saturated rings. The Morgan fingerprint density at radius 2 is 2.28 bits per heavy atom. The van der Waals surface area contributed by atoms with Crippen LogP contribution in [0, 0.1) is 5.82 Å². The predicted octanol–water partition coefficient (Wildman–Crippen LogP) is 2.35. The van der Waals surface area contributed by atoms with Gasteiger partial charge in [-0.3, -0.25) is 5.10 Å². The number of aromatic nitrogens is 2. The second-order valence-corrected chi connectivity index (χ2v) is 4.88. The van der Waals surface area contributed by atoms with E-state index in [1.165, 1.54) is 6.20 Å². The van der Waals surface area contributed by atoms with E-state index in [0.29, 0.717) is 16.7 Å². The van der Waals surface area contributed by atoms with Gasteiger partial charge in [-0.15, -0.1) is 0 Å². The van der Waals surface area contributed by atoms with Crippen LogP contribution in [0.1, 0.15) is 25.7 Å². The van der Waals surface area contributed by atoms with Crippen LogP contribution in [0.2, 0.25) is 0 Å². The molecule has 1 saturated carbocycles. The second-order valence-electron chi connectivity index (χ2n) is 4.88. The fraction of sp³-hybridized carbons (Fsp3) is 0.462. The van der Waals surface area contributed by atoms with Crippen LogP contribution >= 0.6 is 0 Å². The molecule has 1 aliphatic carbocycles. The first kappa shape index (κ1) is 11.5. The van der Waals surface area contributed by atoms with Gasteiger partial charge < -0.3 is 10.5 Å². The Hall–Kier alpha value is -1.62. The summed E-state index contributed by atoms with van der Waals surface area (Å²) in [6, 6.07) is 3.60. The van der Waals surface area contributed by atoms with E-state index in [9.17, 15) is 4.39 Å². The molecule has 3 rings (SSSR count). The number of aromatic amines is 1. The average Bonchev–Trinajstić information content (AvgIpc) is 2.82. The molecule has 0 spiro atoms. The molecule has 96 valence electrons. The van der Waals surface area contributed by atoms with Crippen molar-refractivity contribution in [3.05, 3.63) is 24.1 Å². The lowest BCUT2D eigenvalue weighted by atomic mass is 9.93. The molecule has 18 heavy (non-hydrogen) atoms. The van der Waals surface area contributed by atoms with Gasteiger partial charge in [0.1, 0.15) is 6.10 Å². The Labute approximate surface area is 104 Å². The number of fused-ring (bicyclic) bond motifs is 1. The zero-order valence-electron chi connectivity index (χ0n) is 10.0. The molecule has 0 amide bonds. The molecule has 2 unspecified atom stereocenters. The molecular weight excluding hydrogens is 233 g/mol. The van der Waals surface area contributed by atoms with E-state index < -0.39 is 0 Å².